The average molecular weight is 286 g/mol. The second kappa shape index (κ2) is 6.34. The van der Waals surface area contributed by atoms with Crippen molar-refractivity contribution >= 4 is 35.0 Å². The third-order valence-corrected chi connectivity index (χ3v) is 4.45. The van der Waals surface area contributed by atoms with Gasteiger partial charge in [-0.2, -0.15) is 11.8 Å². The summed E-state index contributed by atoms with van der Waals surface area (Å²) in [6.07, 6.45) is 2.41. The molecule has 0 saturated carbocycles. The van der Waals surface area contributed by atoms with Gasteiger partial charge in [-0.3, -0.25) is 0 Å². The second-order valence-electron chi connectivity index (χ2n) is 4.24. The number of carbonyl (C=O) groups excluding carboxylic acids is 1. The number of hydrogen-bond donors (Lipinski definition) is 1. The number of carbonyl (C=O) groups is 1. The van der Waals surface area contributed by atoms with Crippen molar-refractivity contribution in [1.82, 2.24) is 0 Å². The number of thioether (sulfide) groups is 1. The standard InChI is InChI=1S/C13H16ClNO2S/c1-17-13(16)11-7-9(4-5-12(11)14)15-10-3-2-6-18-8-10/h4-5,7,10,15H,2-3,6,8H2,1H3. The number of hydrogen-bond acceptors (Lipinski definition) is 4. The predicted octanol–water partition coefficient (Wildman–Crippen LogP) is 3.43. The molecule has 3 nitrogen and oxygen atoms in total. The molecule has 98 valence electrons. The highest BCUT2D eigenvalue weighted by atomic mass is 35.5. The van der Waals surface area contributed by atoms with Gasteiger partial charge < -0.3 is 10.1 Å². The molecular formula is C13H16ClNO2S. The van der Waals surface area contributed by atoms with Crippen LogP contribution in [-0.2, 0) is 4.74 Å². The Labute approximate surface area is 116 Å². The first-order valence-electron chi connectivity index (χ1n) is 5.93. The van der Waals surface area contributed by atoms with Crippen molar-refractivity contribution in [3.8, 4) is 0 Å². The molecule has 1 unspecified atom stereocenters. The topological polar surface area (TPSA) is 38.3 Å². The van der Waals surface area contributed by atoms with Gasteiger partial charge in [0.2, 0.25) is 0 Å². The van der Waals surface area contributed by atoms with Crippen molar-refractivity contribution in [2.45, 2.75) is 18.9 Å². The van der Waals surface area contributed by atoms with Gasteiger partial charge in [0.25, 0.3) is 0 Å². The van der Waals surface area contributed by atoms with Crippen molar-refractivity contribution in [2.24, 2.45) is 0 Å². The first-order chi connectivity index (χ1) is 8.70. The number of rotatable bonds is 3. The zero-order valence-electron chi connectivity index (χ0n) is 10.2. The maximum atomic E-state index is 11.5. The molecule has 1 N–H and O–H groups in total. The molecule has 1 aromatic carbocycles. The van der Waals surface area contributed by atoms with Crippen LogP contribution in [0.25, 0.3) is 0 Å². The Bertz CT molecular complexity index is 433. The number of benzene rings is 1. The van der Waals surface area contributed by atoms with E-state index in [1.807, 2.05) is 17.8 Å². The third-order valence-electron chi connectivity index (χ3n) is 2.90. The molecule has 2 rings (SSSR count). The summed E-state index contributed by atoms with van der Waals surface area (Å²) in [4.78, 5) is 11.5. The van der Waals surface area contributed by atoms with E-state index in [-0.39, 0.29) is 0 Å². The van der Waals surface area contributed by atoms with E-state index >= 15 is 0 Å². The van der Waals surface area contributed by atoms with Gasteiger partial charge in [-0.1, -0.05) is 11.6 Å². The first-order valence-corrected chi connectivity index (χ1v) is 7.46. The summed E-state index contributed by atoms with van der Waals surface area (Å²) in [6, 6.07) is 5.85. The maximum absolute atomic E-state index is 11.5. The van der Waals surface area contributed by atoms with Crippen LogP contribution in [0.15, 0.2) is 18.2 Å². The molecule has 5 heteroatoms. The van der Waals surface area contributed by atoms with Gasteiger partial charge in [-0.15, -0.1) is 0 Å². The molecule has 0 bridgehead atoms. The summed E-state index contributed by atoms with van der Waals surface area (Å²) in [7, 11) is 1.36. The van der Waals surface area contributed by atoms with E-state index < -0.39 is 5.97 Å². The Morgan fingerprint density at radius 1 is 1.56 bits per heavy atom. The van der Waals surface area contributed by atoms with Crippen molar-refractivity contribution in [3.05, 3.63) is 28.8 Å². The van der Waals surface area contributed by atoms with Gasteiger partial charge in [-0.25, -0.2) is 4.79 Å². The zero-order valence-corrected chi connectivity index (χ0v) is 11.8. The minimum atomic E-state index is -0.401. The molecular weight excluding hydrogens is 270 g/mol. The predicted molar refractivity (Wildman–Crippen MR) is 76.8 cm³/mol. The highest BCUT2D eigenvalue weighted by Crippen LogP contribution is 2.24. The van der Waals surface area contributed by atoms with Gasteiger partial charge in [0.1, 0.15) is 0 Å². The highest BCUT2D eigenvalue weighted by molar-refractivity contribution is 7.99. The molecule has 0 aliphatic carbocycles. The van der Waals surface area contributed by atoms with Gasteiger partial charge >= 0.3 is 5.97 Å². The number of esters is 1. The largest absolute Gasteiger partial charge is 0.465 e. The number of ether oxygens (including phenoxy) is 1. The minimum absolute atomic E-state index is 0.401. The van der Waals surface area contributed by atoms with Crippen LogP contribution >= 0.6 is 23.4 Å². The lowest BCUT2D eigenvalue weighted by atomic mass is 10.1. The van der Waals surface area contributed by atoms with Crippen molar-refractivity contribution in [2.75, 3.05) is 23.9 Å². The minimum Gasteiger partial charge on any atom is -0.465 e. The van der Waals surface area contributed by atoms with Crippen LogP contribution < -0.4 is 5.32 Å². The molecule has 1 aliphatic heterocycles. The van der Waals surface area contributed by atoms with Crippen LogP contribution in [-0.4, -0.2) is 30.6 Å². The normalized spacial score (nSPS) is 19.3. The Kier molecular flexibility index (Phi) is 4.78. The fourth-order valence-electron chi connectivity index (χ4n) is 1.97. The van der Waals surface area contributed by atoms with Crippen LogP contribution in [0, 0.1) is 0 Å². The summed E-state index contributed by atoms with van der Waals surface area (Å²) < 4.78 is 4.71. The highest BCUT2D eigenvalue weighted by Gasteiger charge is 2.15. The number of anilines is 1. The average Bonchev–Trinajstić information content (AvgIpc) is 2.41. The first kappa shape index (κ1) is 13.6. The molecule has 0 radical (unpaired) electrons. The lowest BCUT2D eigenvalue weighted by Crippen LogP contribution is -2.25. The van der Waals surface area contributed by atoms with Crippen LogP contribution in [0.2, 0.25) is 5.02 Å². The van der Waals surface area contributed by atoms with E-state index in [9.17, 15) is 4.79 Å². The van der Waals surface area contributed by atoms with Gasteiger partial charge in [0.05, 0.1) is 17.7 Å². The molecule has 0 amide bonds. The summed E-state index contributed by atoms with van der Waals surface area (Å²) >= 11 is 7.94. The Morgan fingerprint density at radius 2 is 2.39 bits per heavy atom. The third kappa shape index (κ3) is 3.33. The number of halogens is 1. The SMILES string of the molecule is COC(=O)c1cc(NC2CCCSC2)ccc1Cl. The maximum Gasteiger partial charge on any atom is 0.339 e. The van der Waals surface area contributed by atoms with E-state index in [1.165, 1.54) is 25.7 Å². The fourth-order valence-corrected chi connectivity index (χ4v) is 3.24. The molecule has 1 heterocycles. The summed E-state index contributed by atoms with van der Waals surface area (Å²) in [6.45, 7) is 0. The lowest BCUT2D eigenvalue weighted by molar-refractivity contribution is 0.0601. The van der Waals surface area contributed by atoms with Gasteiger partial charge in [-0.05, 0) is 36.8 Å². The lowest BCUT2D eigenvalue weighted by Gasteiger charge is -2.23. The van der Waals surface area contributed by atoms with Crippen LogP contribution in [0.5, 0.6) is 0 Å². The number of nitrogens with one attached hydrogen (secondary N) is 1. The molecule has 0 spiro atoms. The van der Waals surface area contributed by atoms with Crippen LogP contribution in [0.4, 0.5) is 5.69 Å². The molecule has 1 saturated heterocycles. The fraction of sp³-hybridized carbons (Fsp3) is 0.462. The molecule has 1 fully saturated rings. The van der Waals surface area contributed by atoms with Crippen molar-refractivity contribution in [1.29, 1.82) is 0 Å². The molecule has 0 aromatic heterocycles. The monoisotopic (exact) mass is 285 g/mol. The molecule has 1 aliphatic rings. The Hall–Kier alpha value is -0.870. The Balaban J connectivity index is 2.11. The Morgan fingerprint density at radius 3 is 3.06 bits per heavy atom. The summed E-state index contributed by atoms with van der Waals surface area (Å²) in [5.74, 6) is 1.95. The number of methoxy groups -OCH3 is 1. The summed E-state index contributed by atoms with van der Waals surface area (Å²) in [5.41, 5.74) is 1.33. The van der Waals surface area contributed by atoms with Crippen molar-refractivity contribution in [3.63, 3.8) is 0 Å². The molecule has 1 atom stereocenters. The smallest absolute Gasteiger partial charge is 0.339 e. The second-order valence-corrected chi connectivity index (χ2v) is 5.80. The van der Waals surface area contributed by atoms with Crippen LogP contribution in [0.3, 0.4) is 0 Å². The van der Waals surface area contributed by atoms with Gasteiger partial charge in [0.15, 0.2) is 0 Å². The quantitative estimate of drug-likeness (QED) is 0.864. The summed E-state index contributed by atoms with van der Waals surface area (Å²) in [5, 5.41) is 3.86. The van der Waals surface area contributed by atoms with Gasteiger partial charge in [0, 0.05) is 17.5 Å². The van der Waals surface area contributed by atoms with E-state index in [2.05, 4.69) is 5.32 Å². The van der Waals surface area contributed by atoms with Crippen LogP contribution in [0.1, 0.15) is 23.2 Å². The van der Waals surface area contributed by atoms with E-state index in [0.717, 1.165) is 11.4 Å². The van der Waals surface area contributed by atoms with E-state index in [1.54, 1.807) is 12.1 Å². The van der Waals surface area contributed by atoms with Crippen molar-refractivity contribution < 1.29 is 9.53 Å². The van der Waals surface area contributed by atoms with E-state index in [0.29, 0.717) is 16.6 Å². The molecule has 18 heavy (non-hydrogen) atoms. The molecule has 1 aromatic rings. The van der Waals surface area contributed by atoms with E-state index in [4.69, 9.17) is 16.3 Å². The zero-order chi connectivity index (χ0) is 13.0.